The second-order valence-electron chi connectivity index (χ2n) is 15.0. The van der Waals surface area contributed by atoms with Crippen molar-refractivity contribution in [2.75, 3.05) is 75.6 Å². The predicted molar refractivity (Wildman–Crippen MR) is 225 cm³/mol. The quantitative estimate of drug-likeness (QED) is 0.0549. The van der Waals surface area contributed by atoms with Gasteiger partial charge in [-0.1, -0.05) is 0 Å². The van der Waals surface area contributed by atoms with Crippen molar-refractivity contribution < 1.29 is 74.7 Å². The zero-order valence-electron chi connectivity index (χ0n) is 36.3. The van der Waals surface area contributed by atoms with Gasteiger partial charge in [-0.2, -0.15) is 0 Å². The van der Waals surface area contributed by atoms with Crippen LogP contribution in [0.5, 0.6) is 0 Å². The molecule has 0 aliphatic rings. The lowest BCUT2D eigenvalue weighted by Gasteiger charge is -2.34. The molecule has 13 N–H and O–H groups in total. The predicted octanol–water partition coefficient (Wildman–Crippen LogP) is -3.36. The Bertz CT molecular complexity index is 1830. The van der Waals surface area contributed by atoms with Crippen LogP contribution in [-0.2, 0) is 9.59 Å². The summed E-state index contributed by atoms with van der Waals surface area (Å²) in [6.45, 7) is 5.36. The van der Waals surface area contributed by atoms with E-state index in [-0.39, 0.29) is 80.1 Å². The molecule has 21 nitrogen and oxygen atoms in total. The van der Waals surface area contributed by atoms with E-state index in [4.69, 9.17) is 0 Å². The average Bonchev–Trinajstić information content (AvgIpc) is 3.21. The summed E-state index contributed by atoms with van der Waals surface area (Å²) in [5.74, 6) is -4.61. The zero-order chi connectivity index (χ0) is 47.3. The summed E-state index contributed by atoms with van der Waals surface area (Å²) in [5.41, 5.74) is 0.443. The van der Waals surface area contributed by atoms with Crippen molar-refractivity contribution in [3.63, 3.8) is 0 Å². The van der Waals surface area contributed by atoms with Crippen molar-refractivity contribution in [2.45, 2.75) is 85.8 Å². The molecule has 62 heavy (non-hydrogen) atoms. The average molecular weight is 879 g/mol. The van der Waals surface area contributed by atoms with Crippen LogP contribution in [0.15, 0.2) is 0 Å². The maximum atomic E-state index is 13.7. The Balaban J connectivity index is 2.88. The van der Waals surface area contributed by atoms with Gasteiger partial charge in [0.05, 0.1) is 94.5 Å². The number of carbonyl (C=O) groups is 6. The molecule has 21 heteroatoms. The fourth-order valence-corrected chi connectivity index (χ4v) is 7.36. The Labute approximate surface area is 359 Å². The number of benzene rings is 2. The van der Waals surface area contributed by atoms with Crippen LogP contribution in [0.4, 0.5) is 11.4 Å². The molecule has 2 aromatic rings. The van der Waals surface area contributed by atoms with Crippen LogP contribution in [0.2, 0.25) is 0 Å². The van der Waals surface area contributed by atoms with Crippen LogP contribution in [0, 0.1) is 41.5 Å². The van der Waals surface area contributed by atoms with Crippen LogP contribution >= 0.6 is 0 Å². The lowest BCUT2D eigenvalue weighted by molar-refractivity contribution is -0.117. The van der Waals surface area contributed by atoms with E-state index in [1.807, 2.05) is 0 Å². The lowest BCUT2D eigenvalue weighted by Crippen LogP contribution is -2.46. The molecule has 0 saturated carbocycles. The topological polar surface area (TPSA) is 339 Å². The SMILES string of the molecule is CC(=O)N(CC(O)CN(C(C)=O)c1c(C)c(C(=O)NCC(O)CO)c(C)c(C(=O)NC(CO)CO)c1C)c1c(C)c(C(=O)NCC(O)CO)c(C)c(C(=O)NC(CO)CO)c1C. The van der Waals surface area contributed by atoms with E-state index in [0.717, 1.165) is 23.6 Å². The second-order valence-corrected chi connectivity index (χ2v) is 15.0. The summed E-state index contributed by atoms with van der Waals surface area (Å²) < 4.78 is 0. The van der Waals surface area contributed by atoms with Crippen molar-refractivity contribution >= 4 is 46.8 Å². The van der Waals surface area contributed by atoms with Gasteiger partial charge < -0.3 is 77.0 Å². The third-order valence-electron chi connectivity index (χ3n) is 10.4. The maximum Gasteiger partial charge on any atom is 0.252 e. The van der Waals surface area contributed by atoms with Gasteiger partial charge in [0.1, 0.15) is 0 Å². The van der Waals surface area contributed by atoms with Gasteiger partial charge in [0.15, 0.2) is 0 Å². The van der Waals surface area contributed by atoms with Crippen molar-refractivity contribution in [3.05, 3.63) is 55.6 Å². The van der Waals surface area contributed by atoms with E-state index in [0.29, 0.717) is 0 Å². The highest BCUT2D eigenvalue weighted by atomic mass is 16.3. The van der Waals surface area contributed by atoms with E-state index in [9.17, 15) is 74.7 Å². The smallest absolute Gasteiger partial charge is 0.252 e. The fraction of sp³-hybridized carbons (Fsp3) is 0.561. The Kier molecular flexibility index (Phi) is 20.5. The third-order valence-corrected chi connectivity index (χ3v) is 10.4. The van der Waals surface area contributed by atoms with E-state index >= 15 is 0 Å². The molecule has 2 unspecified atom stereocenters. The van der Waals surface area contributed by atoms with Gasteiger partial charge in [-0.15, -0.1) is 0 Å². The van der Waals surface area contributed by atoms with E-state index in [2.05, 4.69) is 21.3 Å². The summed E-state index contributed by atoms with van der Waals surface area (Å²) in [6.07, 6.45) is -4.28. The Morgan fingerprint density at radius 1 is 0.435 bits per heavy atom. The molecular formula is C41H62N6O15. The first-order valence-corrected chi connectivity index (χ1v) is 19.8. The summed E-state index contributed by atoms with van der Waals surface area (Å²) in [7, 11) is 0. The highest BCUT2D eigenvalue weighted by Gasteiger charge is 2.34. The summed E-state index contributed by atoms with van der Waals surface area (Å²) in [6, 6.07) is -2.20. The molecule has 0 saturated heterocycles. The molecule has 346 valence electrons. The Hall–Kier alpha value is -5.10. The number of aliphatic hydroxyl groups excluding tert-OH is 9. The van der Waals surface area contributed by atoms with Gasteiger partial charge in [-0.25, -0.2) is 0 Å². The lowest BCUT2D eigenvalue weighted by atomic mass is 9.89. The molecule has 2 atom stereocenters. The van der Waals surface area contributed by atoms with Crippen LogP contribution in [0.3, 0.4) is 0 Å². The summed E-state index contributed by atoms with van der Waals surface area (Å²) in [4.78, 5) is 84.1. The number of carbonyl (C=O) groups excluding carboxylic acids is 6. The van der Waals surface area contributed by atoms with Crippen LogP contribution in [-0.4, -0.2) is 178 Å². The largest absolute Gasteiger partial charge is 0.394 e. The molecule has 0 fully saturated rings. The maximum absolute atomic E-state index is 13.7. The first kappa shape index (κ1) is 53.0. The molecule has 0 heterocycles. The van der Waals surface area contributed by atoms with Crippen molar-refractivity contribution in [2.24, 2.45) is 0 Å². The van der Waals surface area contributed by atoms with Gasteiger partial charge in [0.25, 0.3) is 23.6 Å². The van der Waals surface area contributed by atoms with Gasteiger partial charge in [-0.05, 0) is 74.9 Å². The number of aliphatic hydroxyl groups is 9. The van der Waals surface area contributed by atoms with Gasteiger partial charge >= 0.3 is 0 Å². The molecule has 0 spiro atoms. The van der Waals surface area contributed by atoms with Crippen LogP contribution in [0.1, 0.15) is 88.7 Å². The van der Waals surface area contributed by atoms with E-state index in [1.54, 1.807) is 0 Å². The van der Waals surface area contributed by atoms with Crippen molar-refractivity contribution in [1.29, 1.82) is 0 Å². The van der Waals surface area contributed by atoms with Crippen molar-refractivity contribution in [1.82, 2.24) is 21.3 Å². The minimum atomic E-state index is -1.62. The fourth-order valence-electron chi connectivity index (χ4n) is 7.36. The number of rotatable bonds is 22. The number of hydrogen-bond donors (Lipinski definition) is 13. The van der Waals surface area contributed by atoms with Crippen molar-refractivity contribution in [3.8, 4) is 0 Å². The Morgan fingerprint density at radius 3 is 0.952 bits per heavy atom. The van der Waals surface area contributed by atoms with Gasteiger partial charge in [-0.3, -0.25) is 28.8 Å². The molecule has 0 aliphatic heterocycles. The second kappa shape index (κ2) is 23.9. The minimum absolute atomic E-state index is 0.00655. The number of nitrogens with zero attached hydrogens (tertiary/aromatic N) is 2. The molecule has 0 radical (unpaired) electrons. The highest BCUT2D eigenvalue weighted by Crippen LogP contribution is 2.37. The third kappa shape index (κ3) is 12.5. The molecule has 6 amide bonds. The number of nitrogens with one attached hydrogen (secondary N) is 4. The van der Waals surface area contributed by atoms with Crippen LogP contribution < -0.4 is 31.1 Å². The minimum Gasteiger partial charge on any atom is -0.394 e. The first-order chi connectivity index (χ1) is 29.1. The first-order valence-electron chi connectivity index (χ1n) is 19.8. The Morgan fingerprint density at radius 2 is 0.710 bits per heavy atom. The van der Waals surface area contributed by atoms with Gasteiger partial charge in [0, 0.05) is 49.2 Å². The number of hydrogen-bond acceptors (Lipinski definition) is 15. The molecule has 0 aromatic heterocycles. The van der Waals surface area contributed by atoms with Crippen LogP contribution in [0.25, 0.3) is 0 Å². The summed E-state index contributed by atoms with van der Waals surface area (Å²) in [5, 5.41) is 98.9. The number of amides is 6. The van der Waals surface area contributed by atoms with E-state index in [1.165, 1.54) is 41.5 Å². The molecule has 0 bridgehead atoms. The van der Waals surface area contributed by atoms with Gasteiger partial charge in [0.2, 0.25) is 11.8 Å². The molecular weight excluding hydrogens is 816 g/mol. The monoisotopic (exact) mass is 878 g/mol. The number of anilines is 2. The van der Waals surface area contributed by atoms with E-state index < -0.39 is 119 Å². The molecule has 0 aliphatic carbocycles. The summed E-state index contributed by atoms with van der Waals surface area (Å²) >= 11 is 0. The normalized spacial score (nSPS) is 12.8. The highest BCUT2D eigenvalue weighted by molar-refractivity contribution is 6.09. The molecule has 2 aromatic carbocycles. The standard InChI is InChI=1S/C41H62N6O15/c1-19-32(38(59)42-9-29(56)17-52)21(3)36(23(5)34(19)40(61)44-27(13-48)14-49)46(25(7)54)11-31(58)12-47(26(8)55)37-22(4)33(39(60)43-10-30(57)18-53)20(2)35(24(37)6)41(62)45-28(15-50)16-51/h27-31,48-53,56-58H,9-18H2,1-8H3,(H,42,59)(H,43,60)(H,44,61)(H,45,62). The zero-order valence-corrected chi connectivity index (χ0v) is 36.3. The molecule has 2 rings (SSSR count).